The van der Waals surface area contributed by atoms with Gasteiger partial charge in [-0.25, -0.2) is 0 Å². The van der Waals surface area contributed by atoms with Crippen molar-refractivity contribution in [2.45, 2.75) is 23.2 Å². The van der Waals surface area contributed by atoms with Crippen LogP contribution in [0.3, 0.4) is 0 Å². The van der Waals surface area contributed by atoms with E-state index in [-0.39, 0.29) is 0 Å². The average molecular weight is 318 g/mol. The molecule has 2 atom stereocenters. The van der Waals surface area contributed by atoms with Crippen molar-refractivity contribution in [2.24, 2.45) is 0 Å². The van der Waals surface area contributed by atoms with Crippen LogP contribution in [0.2, 0.25) is 5.02 Å². The molecule has 0 aromatic heterocycles. The molecular formula is C18H20ClNS. The molecule has 2 aromatic carbocycles. The van der Waals surface area contributed by atoms with Crippen molar-refractivity contribution in [1.29, 1.82) is 0 Å². The number of likely N-dealkylation sites (N-methyl/N-ethyl adjacent to an activating group) is 1. The van der Waals surface area contributed by atoms with Gasteiger partial charge in [0.25, 0.3) is 0 Å². The van der Waals surface area contributed by atoms with Gasteiger partial charge in [-0.15, -0.1) is 11.8 Å². The molecule has 2 aromatic rings. The molecule has 3 heteroatoms. The molecule has 0 amide bonds. The Morgan fingerprint density at radius 3 is 2.76 bits per heavy atom. The first kappa shape index (κ1) is 15.0. The molecule has 1 N–H and O–H groups in total. The second-order valence-corrected chi connectivity index (χ2v) is 7.03. The zero-order valence-corrected chi connectivity index (χ0v) is 13.8. The molecule has 0 saturated heterocycles. The highest BCUT2D eigenvalue weighted by atomic mass is 35.5. The molecule has 2 unspecified atom stereocenters. The fourth-order valence-corrected chi connectivity index (χ4v) is 4.70. The third-order valence-electron chi connectivity index (χ3n) is 4.16. The highest BCUT2D eigenvalue weighted by molar-refractivity contribution is 7.99. The third-order valence-corrected chi connectivity index (χ3v) is 5.76. The van der Waals surface area contributed by atoms with Gasteiger partial charge < -0.3 is 5.32 Å². The molecule has 0 bridgehead atoms. The predicted octanol–water partition coefficient (Wildman–Crippen LogP) is 4.92. The Kier molecular flexibility index (Phi) is 4.89. The summed E-state index contributed by atoms with van der Waals surface area (Å²) in [4.78, 5) is 1.45. The van der Waals surface area contributed by atoms with Crippen LogP contribution in [0.5, 0.6) is 0 Å². The summed E-state index contributed by atoms with van der Waals surface area (Å²) in [5.41, 5.74) is 2.78. The number of nitrogens with one attached hydrogen (secondary N) is 1. The summed E-state index contributed by atoms with van der Waals surface area (Å²) in [7, 11) is 2.02. The molecule has 0 saturated carbocycles. The first-order chi connectivity index (χ1) is 10.3. The summed E-state index contributed by atoms with van der Waals surface area (Å²) in [6.07, 6.45) is 1.15. The molecule has 0 spiro atoms. The molecule has 0 fully saturated rings. The van der Waals surface area contributed by atoms with Crippen LogP contribution >= 0.6 is 23.4 Å². The fraction of sp³-hybridized carbons (Fsp3) is 0.333. The summed E-state index contributed by atoms with van der Waals surface area (Å²) in [6.45, 7) is 0.965. The van der Waals surface area contributed by atoms with Gasteiger partial charge in [-0.05, 0) is 48.6 Å². The van der Waals surface area contributed by atoms with Crippen LogP contribution in [-0.2, 0) is 0 Å². The molecule has 1 heterocycles. The SMILES string of the molecule is CNCC(CC1CSc2ccccc21)c1ccccc1Cl. The topological polar surface area (TPSA) is 12.0 Å². The summed E-state index contributed by atoms with van der Waals surface area (Å²) in [5, 5.41) is 4.21. The Balaban J connectivity index is 1.82. The quantitative estimate of drug-likeness (QED) is 0.839. The number of hydrogen-bond donors (Lipinski definition) is 1. The fourth-order valence-electron chi connectivity index (χ4n) is 3.14. The van der Waals surface area contributed by atoms with Gasteiger partial charge in [0, 0.05) is 22.2 Å². The Hall–Kier alpha value is -0.960. The van der Waals surface area contributed by atoms with Gasteiger partial charge in [0.15, 0.2) is 0 Å². The van der Waals surface area contributed by atoms with Crippen LogP contribution in [0.25, 0.3) is 0 Å². The number of halogens is 1. The highest BCUT2D eigenvalue weighted by Crippen LogP contribution is 2.44. The molecule has 21 heavy (non-hydrogen) atoms. The lowest BCUT2D eigenvalue weighted by molar-refractivity contribution is 0.538. The highest BCUT2D eigenvalue weighted by Gasteiger charge is 2.26. The van der Waals surface area contributed by atoms with Crippen molar-refractivity contribution in [3.05, 3.63) is 64.7 Å². The summed E-state index contributed by atoms with van der Waals surface area (Å²) in [6, 6.07) is 17.1. The van der Waals surface area contributed by atoms with E-state index in [4.69, 9.17) is 11.6 Å². The number of hydrogen-bond acceptors (Lipinski definition) is 2. The maximum absolute atomic E-state index is 6.41. The van der Waals surface area contributed by atoms with Crippen molar-refractivity contribution in [3.63, 3.8) is 0 Å². The van der Waals surface area contributed by atoms with Gasteiger partial charge in [0.2, 0.25) is 0 Å². The first-order valence-electron chi connectivity index (χ1n) is 7.40. The lowest BCUT2D eigenvalue weighted by Crippen LogP contribution is -2.20. The zero-order valence-electron chi connectivity index (χ0n) is 12.2. The van der Waals surface area contributed by atoms with Crippen molar-refractivity contribution in [3.8, 4) is 0 Å². The maximum Gasteiger partial charge on any atom is 0.0441 e. The smallest absolute Gasteiger partial charge is 0.0441 e. The minimum Gasteiger partial charge on any atom is -0.319 e. The van der Waals surface area contributed by atoms with E-state index in [1.54, 1.807) is 0 Å². The summed E-state index contributed by atoms with van der Waals surface area (Å²) in [5.74, 6) is 2.27. The monoisotopic (exact) mass is 317 g/mol. The Morgan fingerprint density at radius 2 is 1.95 bits per heavy atom. The van der Waals surface area contributed by atoms with Crippen LogP contribution in [0, 0.1) is 0 Å². The van der Waals surface area contributed by atoms with E-state index < -0.39 is 0 Å². The van der Waals surface area contributed by atoms with Crippen molar-refractivity contribution < 1.29 is 0 Å². The van der Waals surface area contributed by atoms with Crippen molar-refractivity contribution >= 4 is 23.4 Å². The van der Waals surface area contributed by atoms with Crippen LogP contribution in [0.4, 0.5) is 0 Å². The Bertz CT molecular complexity index is 614. The van der Waals surface area contributed by atoms with Gasteiger partial charge in [0.05, 0.1) is 0 Å². The van der Waals surface area contributed by atoms with E-state index in [0.717, 1.165) is 18.0 Å². The molecule has 0 aliphatic carbocycles. The minimum atomic E-state index is 0.459. The van der Waals surface area contributed by atoms with E-state index >= 15 is 0 Å². The maximum atomic E-state index is 6.41. The van der Waals surface area contributed by atoms with Gasteiger partial charge in [0.1, 0.15) is 0 Å². The second-order valence-electron chi connectivity index (χ2n) is 5.56. The molecule has 110 valence electrons. The van der Waals surface area contributed by atoms with Crippen LogP contribution in [0.1, 0.15) is 29.4 Å². The van der Waals surface area contributed by atoms with E-state index in [9.17, 15) is 0 Å². The second kappa shape index (κ2) is 6.87. The normalized spacial score (nSPS) is 18.5. The Labute approximate surface area is 136 Å². The van der Waals surface area contributed by atoms with Gasteiger partial charge in [-0.1, -0.05) is 48.0 Å². The molecular weight excluding hydrogens is 298 g/mol. The van der Waals surface area contributed by atoms with Crippen LogP contribution in [0.15, 0.2) is 53.4 Å². The van der Waals surface area contributed by atoms with E-state index in [0.29, 0.717) is 11.8 Å². The summed E-state index contributed by atoms with van der Waals surface area (Å²) >= 11 is 8.39. The Morgan fingerprint density at radius 1 is 1.19 bits per heavy atom. The summed E-state index contributed by atoms with van der Waals surface area (Å²) < 4.78 is 0. The molecule has 1 nitrogen and oxygen atoms in total. The lowest BCUT2D eigenvalue weighted by atomic mass is 9.86. The first-order valence-corrected chi connectivity index (χ1v) is 8.76. The van der Waals surface area contributed by atoms with E-state index in [1.807, 2.05) is 30.9 Å². The molecule has 1 aliphatic rings. The number of thioether (sulfide) groups is 1. The van der Waals surface area contributed by atoms with Crippen LogP contribution in [-0.4, -0.2) is 19.3 Å². The van der Waals surface area contributed by atoms with Crippen molar-refractivity contribution in [1.82, 2.24) is 5.32 Å². The van der Waals surface area contributed by atoms with Gasteiger partial charge in [-0.3, -0.25) is 0 Å². The largest absolute Gasteiger partial charge is 0.319 e. The number of benzene rings is 2. The average Bonchev–Trinajstić information content (AvgIpc) is 2.91. The molecule has 3 rings (SSSR count). The minimum absolute atomic E-state index is 0.459. The van der Waals surface area contributed by atoms with E-state index in [2.05, 4.69) is 41.7 Å². The zero-order chi connectivity index (χ0) is 14.7. The van der Waals surface area contributed by atoms with Gasteiger partial charge >= 0.3 is 0 Å². The molecule has 0 radical (unpaired) electrons. The third kappa shape index (κ3) is 3.28. The number of rotatable bonds is 5. The van der Waals surface area contributed by atoms with Crippen LogP contribution < -0.4 is 5.32 Å². The lowest BCUT2D eigenvalue weighted by Gasteiger charge is -2.22. The van der Waals surface area contributed by atoms with E-state index in [1.165, 1.54) is 21.8 Å². The number of fused-ring (bicyclic) bond motifs is 1. The standard InChI is InChI=1S/C18H20ClNS/c1-20-11-13(15-6-2-4-8-17(15)19)10-14-12-21-18-9-5-3-7-16(14)18/h2-9,13-14,20H,10-12H2,1H3. The van der Waals surface area contributed by atoms with Gasteiger partial charge in [-0.2, -0.15) is 0 Å². The predicted molar refractivity (Wildman–Crippen MR) is 92.6 cm³/mol. The molecule has 1 aliphatic heterocycles. The van der Waals surface area contributed by atoms with Crippen molar-refractivity contribution in [2.75, 3.05) is 19.3 Å².